The topological polar surface area (TPSA) is 32.3 Å². The fourth-order valence-electron chi connectivity index (χ4n) is 1.41. The highest BCUT2D eigenvalue weighted by Crippen LogP contribution is 2.12. The average Bonchev–Trinajstić information content (AvgIpc) is 2.27. The molecule has 1 amide bonds. The van der Waals surface area contributed by atoms with E-state index in [4.69, 9.17) is 0 Å². The largest absolute Gasteiger partial charge is 0.357 e. The van der Waals surface area contributed by atoms with Crippen molar-refractivity contribution in [1.29, 1.82) is 0 Å². The van der Waals surface area contributed by atoms with Crippen molar-refractivity contribution in [3.05, 3.63) is 29.8 Å². The molecule has 0 aromatic heterocycles. The number of hydrogen-bond donors (Lipinski definition) is 1. The van der Waals surface area contributed by atoms with Crippen molar-refractivity contribution in [3.8, 4) is 0 Å². The number of nitrogens with zero attached hydrogens (tertiary/aromatic N) is 1. The number of anilines is 1. The van der Waals surface area contributed by atoms with Crippen molar-refractivity contribution in [2.24, 2.45) is 0 Å². The quantitative estimate of drug-likeness (QED) is 0.772. The van der Waals surface area contributed by atoms with Gasteiger partial charge in [0.1, 0.15) is 0 Å². The third-order valence-corrected chi connectivity index (χ3v) is 2.47. The molecule has 0 fully saturated rings. The molecule has 0 aliphatic heterocycles. The first-order valence-corrected chi connectivity index (χ1v) is 5.68. The SMILES string of the molecule is CCCC(=O)NCN(C)c1ccc(C)cc1. The van der Waals surface area contributed by atoms with Crippen LogP contribution in [0, 0.1) is 6.92 Å². The van der Waals surface area contributed by atoms with Crippen molar-refractivity contribution < 1.29 is 4.79 Å². The summed E-state index contributed by atoms with van der Waals surface area (Å²) in [6.07, 6.45) is 1.49. The second-order valence-corrected chi connectivity index (χ2v) is 4.04. The lowest BCUT2D eigenvalue weighted by Gasteiger charge is -2.19. The summed E-state index contributed by atoms with van der Waals surface area (Å²) in [5.41, 5.74) is 2.36. The van der Waals surface area contributed by atoms with Crippen LogP contribution in [-0.2, 0) is 4.79 Å². The van der Waals surface area contributed by atoms with E-state index in [9.17, 15) is 4.79 Å². The van der Waals surface area contributed by atoms with E-state index in [1.165, 1.54) is 5.56 Å². The summed E-state index contributed by atoms with van der Waals surface area (Å²) in [5.74, 6) is 0.112. The highest BCUT2D eigenvalue weighted by Gasteiger charge is 2.02. The highest BCUT2D eigenvalue weighted by molar-refractivity contribution is 5.76. The van der Waals surface area contributed by atoms with Gasteiger partial charge in [-0.2, -0.15) is 0 Å². The number of rotatable bonds is 5. The Labute approximate surface area is 97.5 Å². The van der Waals surface area contributed by atoms with Crippen LogP contribution in [0.3, 0.4) is 0 Å². The number of hydrogen-bond acceptors (Lipinski definition) is 2. The molecule has 0 atom stereocenters. The molecule has 1 aromatic rings. The minimum absolute atomic E-state index is 0.112. The van der Waals surface area contributed by atoms with Gasteiger partial charge in [0, 0.05) is 19.2 Å². The molecule has 0 aliphatic rings. The van der Waals surface area contributed by atoms with E-state index in [1.54, 1.807) is 0 Å². The molecule has 1 N–H and O–H groups in total. The molecule has 88 valence electrons. The first kappa shape index (κ1) is 12.6. The van der Waals surface area contributed by atoms with E-state index in [2.05, 4.69) is 36.5 Å². The van der Waals surface area contributed by atoms with Gasteiger partial charge in [-0.05, 0) is 25.5 Å². The van der Waals surface area contributed by atoms with Gasteiger partial charge < -0.3 is 10.2 Å². The Morgan fingerprint density at radius 2 is 1.94 bits per heavy atom. The molecular weight excluding hydrogens is 200 g/mol. The van der Waals surface area contributed by atoms with Gasteiger partial charge in [0.2, 0.25) is 5.91 Å². The Bertz CT molecular complexity index is 332. The van der Waals surface area contributed by atoms with Crippen molar-refractivity contribution in [3.63, 3.8) is 0 Å². The van der Waals surface area contributed by atoms with E-state index >= 15 is 0 Å². The predicted octanol–water partition coefficient (Wildman–Crippen LogP) is 2.31. The van der Waals surface area contributed by atoms with Crippen LogP contribution in [0.15, 0.2) is 24.3 Å². The fourth-order valence-corrected chi connectivity index (χ4v) is 1.41. The Hall–Kier alpha value is -1.51. The Balaban J connectivity index is 2.43. The third kappa shape index (κ3) is 3.93. The molecule has 0 saturated heterocycles. The van der Waals surface area contributed by atoms with Crippen LogP contribution >= 0.6 is 0 Å². The summed E-state index contributed by atoms with van der Waals surface area (Å²) < 4.78 is 0. The number of carbonyl (C=O) groups is 1. The maximum Gasteiger partial charge on any atom is 0.221 e. The van der Waals surface area contributed by atoms with Gasteiger partial charge in [0.15, 0.2) is 0 Å². The number of amides is 1. The Kier molecular flexibility index (Phi) is 4.83. The van der Waals surface area contributed by atoms with E-state index in [1.807, 2.05) is 18.9 Å². The molecule has 0 radical (unpaired) electrons. The minimum Gasteiger partial charge on any atom is -0.357 e. The first-order valence-electron chi connectivity index (χ1n) is 5.68. The lowest BCUT2D eigenvalue weighted by Crippen LogP contribution is -2.35. The Morgan fingerprint density at radius 3 is 2.50 bits per heavy atom. The summed E-state index contributed by atoms with van der Waals surface area (Å²) in [5, 5.41) is 2.88. The zero-order valence-electron chi connectivity index (χ0n) is 10.3. The normalized spacial score (nSPS) is 9.94. The molecule has 0 heterocycles. The molecule has 1 rings (SSSR count). The van der Waals surface area contributed by atoms with Crippen molar-refractivity contribution in [2.45, 2.75) is 26.7 Å². The Morgan fingerprint density at radius 1 is 1.31 bits per heavy atom. The van der Waals surface area contributed by atoms with E-state index < -0.39 is 0 Å². The minimum atomic E-state index is 0.112. The van der Waals surface area contributed by atoms with Gasteiger partial charge in [-0.15, -0.1) is 0 Å². The van der Waals surface area contributed by atoms with Gasteiger partial charge in [-0.3, -0.25) is 4.79 Å². The molecular formula is C13H20N2O. The monoisotopic (exact) mass is 220 g/mol. The van der Waals surface area contributed by atoms with Crippen LogP contribution in [0.4, 0.5) is 5.69 Å². The van der Waals surface area contributed by atoms with Gasteiger partial charge in [0.05, 0.1) is 6.67 Å². The zero-order valence-corrected chi connectivity index (χ0v) is 10.3. The van der Waals surface area contributed by atoms with Gasteiger partial charge in [-0.25, -0.2) is 0 Å². The maximum absolute atomic E-state index is 11.3. The van der Waals surface area contributed by atoms with Crippen molar-refractivity contribution in [2.75, 3.05) is 18.6 Å². The van der Waals surface area contributed by atoms with Crippen LogP contribution in [-0.4, -0.2) is 19.6 Å². The average molecular weight is 220 g/mol. The summed E-state index contributed by atoms with van der Waals surface area (Å²) >= 11 is 0. The van der Waals surface area contributed by atoms with Crippen molar-refractivity contribution >= 4 is 11.6 Å². The third-order valence-electron chi connectivity index (χ3n) is 2.47. The van der Waals surface area contributed by atoms with Crippen LogP contribution in [0.5, 0.6) is 0 Å². The molecule has 3 heteroatoms. The molecule has 3 nitrogen and oxygen atoms in total. The van der Waals surface area contributed by atoms with Crippen LogP contribution in [0.1, 0.15) is 25.3 Å². The second-order valence-electron chi connectivity index (χ2n) is 4.04. The summed E-state index contributed by atoms with van der Waals surface area (Å²) in [6.45, 7) is 4.62. The highest BCUT2D eigenvalue weighted by atomic mass is 16.1. The molecule has 0 saturated carbocycles. The smallest absolute Gasteiger partial charge is 0.221 e. The standard InChI is InChI=1S/C13H20N2O/c1-4-5-13(16)14-10-15(3)12-8-6-11(2)7-9-12/h6-9H,4-5,10H2,1-3H3,(H,14,16). The van der Waals surface area contributed by atoms with Crippen LogP contribution in [0.2, 0.25) is 0 Å². The van der Waals surface area contributed by atoms with Gasteiger partial charge >= 0.3 is 0 Å². The van der Waals surface area contributed by atoms with Crippen LogP contribution in [0.25, 0.3) is 0 Å². The van der Waals surface area contributed by atoms with E-state index in [0.717, 1.165) is 12.1 Å². The fraction of sp³-hybridized carbons (Fsp3) is 0.462. The van der Waals surface area contributed by atoms with Crippen LogP contribution < -0.4 is 10.2 Å². The van der Waals surface area contributed by atoms with Crippen molar-refractivity contribution in [1.82, 2.24) is 5.32 Å². The molecule has 0 spiro atoms. The number of aryl methyl sites for hydroxylation is 1. The van der Waals surface area contributed by atoms with E-state index in [0.29, 0.717) is 13.1 Å². The lowest BCUT2D eigenvalue weighted by atomic mass is 10.2. The molecule has 1 aromatic carbocycles. The first-order chi connectivity index (χ1) is 7.63. The predicted molar refractivity (Wildman–Crippen MR) is 67.5 cm³/mol. The number of nitrogens with one attached hydrogen (secondary N) is 1. The zero-order chi connectivity index (χ0) is 12.0. The molecule has 0 unspecified atom stereocenters. The van der Waals surface area contributed by atoms with Gasteiger partial charge in [0.25, 0.3) is 0 Å². The maximum atomic E-state index is 11.3. The molecule has 0 aliphatic carbocycles. The summed E-state index contributed by atoms with van der Waals surface area (Å²) in [6, 6.07) is 8.25. The molecule has 0 bridgehead atoms. The van der Waals surface area contributed by atoms with E-state index in [-0.39, 0.29) is 5.91 Å². The lowest BCUT2D eigenvalue weighted by molar-refractivity contribution is -0.121. The van der Waals surface area contributed by atoms with Gasteiger partial charge in [-0.1, -0.05) is 24.6 Å². The summed E-state index contributed by atoms with van der Waals surface area (Å²) in [4.78, 5) is 13.3. The number of benzene rings is 1. The molecule has 16 heavy (non-hydrogen) atoms. The summed E-state index contributed by atoms with van der Waals surface area (Å²) in [7, 11) is 1.97. The number of carbonyl (C=O) groups excluding carboxylic acids is 1. The second kappa shape index (κ2) is 6.16.